The number of alkyl halides is 2. The Hall–Kier alpha value is -1.59. The fourth-order valence-corrected chi connectivity index (χ4v) is 1.99. The molecule has 0 spiro atoms. The van der Waals surface area contributed by atoms with Crippen molar-refractivity contribution in [2.75, 3.05) is 13.2 Å². The lowest BCUT2D eigenvalue weighted by atomic mass is 10.00. The number of hydrogen-bond donors (Lipinski definition) is 1. The van der Waals surface area contributed by atoms with Crippen molar-refractivity contribution in [1.29, 1.82) is 0 Å². The van der Waals surface area contributed by atoms with Gasteiger partial charge in [-0.2, -0.15) is 0 Å². The second-order valence-electron chi connectivity index (χ2n) is 4.28. The van der Waals surface area contributed by atoms with Crippen LogP contribution in [0.2, 0.25) is 0 Å². The zero-order chi connectivity index (χ0) is 13.7. The molecule has 0 saturated carbocycles. The van der Waals surface area contributed by atoms with E-state index in [4.69, 9.17) is 10.5 Å². The van der Waals surface area contributed by atoms with Crippen molar-refractivity contribution in [1.82, 2.24) is 4.98 Å². The Balaban J connectivity index is 2.03. The largest absolute Gasteiger partial charge is 0.375 e. The van der Waals surface area contributed by atoms with E-state index < -0.39 is 13.0 Å². The van der Waals surface area contributed by atoms with Crippen molar-refractivity contribution in [3.8, 4) is 0 Å². The van der Waals surface area contributed by atoms with Crippen molar-refractivity contribution in [3.05, 3.63) is 42.1 Å². The molecular weight excluding hydrogens is 250 g/mol. The number of benzene rings is 1. The summed E-state index contributed by atoms with van der Waals surface area (Å²) in [4.78, 5) is 4.26. The lowest BCUT2D eigenvalue weighted by Gasteiger charge is -2.14. The summed E-state index contributed by atoms with van der Waals surface area (Å²) < 4.78 is 28.7. The highest BCUT2D eigenvalue weighted by Crippen LogP contribution is 2.23. The van der Waals surface area contributed by atoms with Crippen LogP contribution in [-0.4, -0.2) is 24.6 Å². The lowest BCUT2D eigenvalue weighted by Crippen LogP contribution is -2.15. The van der Waals surface area contributed by atoms with Crippen molar-refractivity contribution < 1.29 is 13.5 Å². The highest BCUT2D eigenvalue weighted by Gasteiger charge is 2.10. The molecule has 0 aliphatic rings. The predicted molar refractivity (Wildman–Crippen MR) is 70.1 cm³/mol. The van der Waals surface area contributed by atoms with Crippen LogP contribution in [0.3, 0.4) is 0 Å². The van der Waals surface area contributed by atoms with E-state index in [1.54, 1.807) is 6.20 Å². The van der Waals surface area contributed by atoms with E-state index in [0.29, 0.717) is 6.42 Å². The van der Waals surface area contributed by atoms with E-state index in [9.17, 15) is 8.78 Å². The number of hydrogen-bond acceptors (Lipinski definition) is 3. The molecule has 0 aliphatic carbocycles. The summed E-state index contributed by atoms with van der Waals surface area (Å²) in [5.74, 6) is 0. The normalized spacial score (nSPS) is 13.1. The van der Waals surface area contributed by atoms with Gasteiger partial charge in [-0.1, -0.05) is 18.2 Å². The molecule has 0 saturated heterocycles. The number of halogens is 2. The van der Waals surface area contributed by atoms with Crippen LogP contribution < -0.4 is 5.73 Å². The van der Waals surface area contributed by atoms with E-state index in [1.165, 1.54) is 0 Å². The Morgan fingerprint density at radius 1 is 1.21 bits per heavy atom. The van der Waals surface area contributed by atoms with Gasteiger partial charge in [-0.15, -0.1) is 0 Å². The quantitative estimate of drug-likeness (QED) is 0.818. The molecule has 2 aromatic rings. The molecule has 102 valence electrons. The first-order chi connectivity index (χ1) is 9.18. The van der Waals surface area contributed by atoms with Crippen LogP contribution in [0.1, 0.15) is 18.0 Å². The lowest BCUT2D eigenvalue weighted by molar-refractivity contribution is 0.0152. The van der Waals surface area contributed by atoms with Crippen LogP contribution in [0.25, 0.3) is 10.9 Å². The molecule has 3 nitrogen and oxygen atoms in total. The van der Waals surface area contributed by atoms with Crippen molar-refractivity contribution in [2.45, 2.75) is 18.9 Å². The third kappa shape index (κ3) is 3.68. The Morgan fingerprint density at radius 3 is 2.84 bits per heavy atom. The smallest absolute Gasteiger partial charge is 0.261 e. The van der Waals surface area contributed by atoms with Gasteiger partial charge in [-0.3, -0.25) is 4.98 Å². The minimum Gasteiger partial charge on any atom is -0.375 e. The minimum atomic E-state index is -2.43. The topological polar surface area (TPSA) is 48.1 Å². The number of fused-ring (bicyclic) bond motifs is 1. The SMILES string of the molecule is NC(CCOCC(F)F)c1cccc2ncccc12. The molecule has 0 fully saturated rings. The van der Waals surface area contributed by atoms with Gasteiger partial charge in [0, 0.05) is 24.2 Å². The van der Waals surface area contributed by atoms with Crippen molar-refractivity contribution in [2.24, 2.45) is 5.73 Å². The summed E-state index contributed by atoms with van der Waals surface area (Å²) in [6.45, 7) is -0.314. The number of aromatic nitrogens is 1. The zero-order valence-corrected chi connectivity index (χ0v) is 10.4. The second-order valence-corrected chi connectivity index (χ2v) is 4.28. The molecule has 0 aliphatic heterocycles. The van der Waals surface area contributed by atoms with Crippen molar-refractivity contribution in [3.63, 3.8) is 0 Å². The monoisotopic (exact) mass is 266 g/mol. The Morgan fingerprint density at radius 2 is 2.05 bits per heavy atom. The first kappa shape index (κ1) is 13.8. The molecule has 1 atom stereocenters. The van der Waals surface area contributed by atoms with Crippen LogP contribution in [0.4, 0.5) is 8.78 Å². The summed E-state index contributed by atoms with van der Waals surface area (Å²) in [7, 11) is 0. The first-order valence-electron chi connectivity index (χ1n) is 6.13. The molecule has 5 heteroatoms. The third-order valence-corrected chi connectivity index (χ3v) is 2.90. The van der Waals surface area contributed by atoms with Gasteiger partial charge in [0.1, 0.15) is 6.61 Å². The average Bonchev–Trinajstić information content (AvgIpc) is 2.42. The highest BCUT2D eigenvalue weighted by atomic mass is 19.3. The standard InChI is InChI=1S/C14H16F2N2O/c15-14(16)9-19-8-6-12(17)10-3-1-5-13-11(10)4-2-7-18-13/h1-5,7,12,14H,6,8-9,17H2. The van der Waals surface area contributed by atoms with Crippen LogP contribution in [-0.2, 0) is 4.74 Å². The van der Waals surface area contributed by atoms with Gasteiger partial charge >= 0.3 is 0 Å². The number of pyridine rings is 1. The van der Waals surface area contributed by atoms with E-state index in [2.05, 4.69) is 4.98 Å². The van der Waals surface area contributed by atoms with E-state index >= 15 is 0 Å². The molecule has 0 amide bonds. The molecule has 2 N–H and O–H groups in total. The maximum Gasteiger partial charge on any atom is 0.261 e. The Labute approximate surface area is 110 Å². The molecule has 1 aromatic carbocycles. The van der Waals surface area contributed by atoms with Crippen LogP contribution in [0.15, 0.2) is 36.5 Å². The number of nitrogens with zero attached hydrogens (tertiary/aromatic N) is 1. The minimum absolute atomic E-state index is 0.224. The third-order valence-electron chi connectivity index (χ3n) is 2.90. The summed E-state index contributed by atoms with van der Waals surface area (Å²) in [5, 5.41) is 0.992. The first-order valence-corrected chi connectivity index (χ1v) is 6.13. The Bertz CT molecular complexity index is 528. The van der Waals surface area contributed by atoms with Gasteiger partial charge in [-0.25, -0.2) is 8.78 Å². The maximum atomic E-state index is 11.9. The summed E-state index contributed by atoms with van der Waals surface area (Å²) in [5.41, 5.74) is 7.93. The van der Waals surface area contributed by atoms with Crippen LogP contribution >= 0.6 is 0 Å². The molecular formula is C14H16F2N2O. The molecule has 1 heterocycles. The molecule has 19 heavy (non-hydrogen) atoms. The number of rotatable bonds is 6. The molecule has 0 bridgehead atoms. The van der Waals surface area contributed by atoms with Crippen LogP contribution in [0, 0.1) is 0 Å². The maximum absolute atomic E-state index is 11.9. The van der Waals surface area contributed by atoms with Gasteiger partial charge in [0.15, 0.2) is 0 Å². The van der Waals surface area contributed by atoms with Gasteiger partial charge in [0.05, 0.1) is 5.52 Å². The zero-order valence-electron chi connectivity index (χ0n) is 10.4. The molecule has 2 rings (SSSR count). The van der Waals surface area contributed by atoms with Gasteiger partial charge < -0.3 is 10.5 Å². The van der Waals surface area contributed by atoms with E-state index in [-0.39, 0.29) is 12.6 Å². The van der Waals surface area contributed by atoms with Gasteiger partial charge in [-0.05, 0) is 24.1 Å². The van der Waals surface area contributed by atoms with Crippen LogP contribution in [0.5, 0.6) is 0 Å². The molecule has 0 radical (unpaired) electrons. The van der Waals surface area contributed by atoms with Gasteiger partial charge in [0.2, 0.25) is 0 Å². The fourth-order valence-electron chi connectivity index (χ4n) is 1.99. The summed E-state index contributed by atoms with van der Waals surface area (Å²) >= 11 is 0. The van der Waals surface area contributed by atoms with E-state index in [1.807, 2.05) is 30.3 Å². The predicted octanol–water partition coefficient (Wildman–Crippen LogP) is 2.91. The molecule has 1 unspecified atom stereocenters. The van der Waals surface area contributed by atoms with Crippen molar-refractivity contribution >= 4 is 10.9 Å². The highest BCUT2D eigenvalue weighted by molar-refractivity contribution is 5.82. The second kappa shape index (κ2) is 6.54. The molecule has 1 aromatic heterocycles. The summed E-state index contributed by atoms with van der Waals surface area (Å²) in [6, 6.07) is 9.31. The number of ether oxygens (including phenoxy) is 1. The fraction of sp³-hybridized carbons (Fsp3) is 0.357. The van der Waals surface area contributed by atoms with Gasteiger partial charge in [0.25, 0.3) is 6.43 Å². The van der Waals surface area contributed by atoms with E-state index in [0.717, 1.165) is 16.5 Å². The Kier molecular flexibility index (Phi) is 4.76. The average molecular weight is 266 g/mol. The number of nitrogens with two attached hydrogens (primary N) is 1. The summed E-state index contributed by atoms with van der Waals surface area (Å²) in [6.07, 6.45) is -0.206.